The lowest BCUT2D eigenvalue weighted by molar-refractivity contribution is -0.132. The number of allylic oxidation sites excluding steroid dienone is 6. The molecule has 1 rings (SSSR count). The normalized spacial score (nSPS) is 14.4. The molecule has 0 aromatic heterocycles. The number of amides is 1. The molecule has 1 aliphatic carbocycles. The summed E-state index contributed by atoms with van der Waals surface area (Å²) in [6.07, 6.45) is 10.00. The van der Waals surface area contributed by atoms with Gasteiger partial charge in [-0.25, -0.2) is 0 Å². The molecule has 3 nitrogen and oxygen atoms in total. The van der Waals surface area contributed by atoms with Crippen molar-refractivity contribution in [3.05, 3.63) is 36.0 Å². The topological polar surface area (TPSA) is 37.4 Å². The van der Waals surface area contributed by atoms with Crippen molar-refractivity contribution < 1.29 is 9.59 Å². The van der Waals surface area contributed by atoms with Crippen LogP contribution in [0.1, 0.15) is 12.8 Å². The van der Waals surface area contributed by atoms with Gasteiger partial charge in [0.2, 0.25) is 5.91 Å². The van der Waals surface area contributed by atoms with Crippen LogP contribution in [-0.4, -0.2) is 30.7 Å². The molecule has 0 N–H and O–H groups in total. The summed E-state index contributed by atoms with van der Waals surface area (Å²) in [6.45, 7) is 0. The molecule has 0 aliphatic heterocycles. The predicted octanol–water partition coefficient (Wildman–Crippen LogP) is 1.48. The van der Waals surface area contributed by atoms with Gasteiger partial charge in [-0.15, -0.1) is 0 Å². The average molecular weight is 205 g/mol. The van der Waals surface area contributed by atoms with E-state index in [1.54, 1.807) is 26.2 Å². The largest absolute Gasteiger partial charge is 0.348 e. The molecule has 0 aromatic rings. The Morgan fingerprint density at radius 1 is 1.33 bits per heavy atom. The van der Waals surface area contributed by atoms with Gasteiger partial charge in [0.05, 0.1) is 6.42 Å². The molecule has 0 spiro atoms. The van der Waals surface area contributed by atoms with Gasteiger partial charge in [0.25, 0.3) is 0 Å². The third-order valence-electron chi connectivity index (χ3n) is 2.11. The monoisotopic (exact) mass is 205 g/mol. The van der Waals surface area contributed by atoms with Crippen LogP contribution in [0.3, 0.4) is 0 Å². The van der Waals surface area contributed by atoms with Crippen molar-refractivity contribution in [2.75, 3.05) is 14.1 Å². The van der Waals surface area contributed by atoms with Crippen molar-refractivity contribution in [1.82, 2.24) is 4.90 Å². The molecule has 0 atom stereocenters. The summed E-state index contributed by atoms with van der Waals surface area (Å²) in [5.41, 5.74) is 0.596. The highest BCUT2D eigenvalue weighted by molar-refractivity contribution is 6.08. The molecule has 3 heteroatoms. The summed E-state index contributed by atoms with van der Waals surface area (Å²) in [5, 5.41) is 0. The van der Waals surface area contributed by atoms with Crippen molar-refractivity contribution in [2.24, 2.45) is 0 Å². The number of Topliss-reactive ketones (excluding diaryl/α,β-unsaturated/α-hetero) is 1. The molecule has 0 heterocycles. The smallest absolute Gasteiger partial charge is 0.229 e. The first-order valence-corrected chi connectivity index (χ1v) is 4.88. The Hall–Kier alpha value is -1.64. The molecule has 15 heavy (non-hydrogen) atoms. The zero-order chi connectivity index (χ0) is 11.3. The zero-order valence-electron chi connectivity index (χ0n) is 9.06. The SMILES string of the molecule is CN(C)C(=O)CC(=O)C1=CC=CCC=C1. The van der Waals surface area contributed by atoms with Crippen LogP contribution < -0.4 is 0 Å². The first kappa shape index (κ1) is 11.4. The standard InChI is InChI=1S/C12H15NO2/c1-13(2)12(15)9-11(14)10-7-5-3-4-6-8-10/h3,5-8H,4,9H2,1-2H3. The lowest BCUT2D eigenvalue weighted by Gasteiger charge is -2.09. The molecular formula is C12H15NO2. The van der Waals surface area contributed by atoms with Gasteiger partial charge < -0.3 is 4.90 Å². The van der Waals surface area contributed by atoms with E-state index in [0.717, 1.165) is 6.42 Å². The van der Waals surface area contributed by atoms with Gasteiger partial charge in [0.1, 0.15) is 0 Å². The van der Waals surface area contributed by atoms with Crippen LogP contribution in [-0.2, 0) is 9.59 Å². The fourth-order valence-corrected chi connectivity index (χ4v) is 1.16. The zero-order valence-corrected chi connectivity index (χ0v) is 9.06. The highest BCUT2D eigenvalue weighted by Crippen LogP contribution is 2.08. The number of hydrogen-bond acceptors (Lipinski definition) is 2. The minimum atomic E-state index is -0.164. The van der Waals surface area contributed by atoms with Crippen molar-refractivity contribution in [1.29, 1.82) is 0 Å². The van der Waals surface area contributed by atoms with Crippen LogP contribution in [0.5, 0.6) is 0 Å². The van der Waals surface area contributed by atoms with Crippen LogP contribution in [0.25, 0.3) is 0 Å². The summed E-state index contributed by atoms with van der Waals surface area (Å²) in [7, 11) is 3.29. The minimum absolute atomic E-state index is 0.0585. The molecule has 1 amide bonds. The quantitative estimate of drug-likeness (QED) is 0.654. The molecule has 80 valence electrons. The molecule has 0 unspecified atom stereocenters. The maximum Gasteiger partial charge on any atom is 0.229 e. The maximum absolute atomic E-state index is 11.7. The second-order valence-corrected chi connectivity index (χ2v) is 3.58. The van der Waals surface area contributed by atoms with E-state index >= 15 is 0 Å². The third-order valence-corrected chi connectivity index (χ3v) is 2.11. The van der Waals surface area contributed by atoms with E-state index in [1.807, 2.05) is 18.2 Å². The molecule has 0 bridgehead atoms. The minimum Gasteiger partial charge on any atom is -0.348 e. The Morgan fingerprint density at radius 3 is 2.73 bits per heavy atom. The molecule has 0 fully saturated rings. The van der Waals surface area contributed by atoms with Crippen molar-refractivity contribution in [3.63, 3.8) is 0 Å². The Labute approximate surface area is 89.8 Å². The summed E-state index contributed by atoms with van der Waals surface area (Å²) in [5.74, 6) is -0.293. The second kappa shape index (κ2) is 5.29. The van der Waals surface area contributed by atoms with E-state index in [1.165, 1.54) is 4.90 Å². The summed E-state index contributed by atoms with van der Waals surface area (Å²) < 4.78 is 0. The van der Waals surface area contributed by atoms with Gasteiger partial charge in [-0.2, -0.15) is 0 Å². The first-order valence-electron chi connectivity index (χ1n) is 4.88. The first-order chi connectivity index (χ1) is 7.11. The molecule has 1 aliphatic rings. The van der Waals surface area contributed by atoms with E-state index in [2.05, 4.69) is 0 Å². The molecule has 0 radical (unpaired) electrons. The lowest BCUT2D eigenvalue weighted by atomic mass is 10.1. The van der Waals surface area contributed by atoms with Crippen molar-refractivity contribution in [3.8, 4) is 0 Å². The Bertz CT molecular complexity index is 349. The van der Waals surface area contributed by atoms with Gasteiger partial charge in [0.15, 0.2) is 5.78 Å². The summed E-state index contributed by atoms with van der Waals surface area (Å²) in [6, 6.07) is 0. The number of rotatable bonds is 3. The van der Waals surface area contributed by atoms with E-state index in [4.69, 9.17) is 0 Å². The fourth-order valence-electron chi connectivity index (χ4n) is 1.16. The Kier molecular flexibility index (Phi) is 4.03. The number of carbonyl (C=O) groups is 2. The average Bonchev–Trinajstić information content (AvgIpc) is 2.45. The van der Waals surface area contributed by atoms with E-state index in [0.29, 0.717) is 5.57 Å². The maximum atomic E-state index is 11.7. The Morgan fingerprint density at radius 2 is 2.07 bits per heavy atom. The highest BCUT2D eigenvalue weighted by atomic mass is 16.2. The van der Waals surface area contributed by atoms with Crippen LogP contribution in [0.4, 0.5) is 0 Å². The van der Waals surface area contributed by atoms with Crippen LogP contribution in [0.15, 0.2) is 36.0 Å². The van der Waals surface area contributed by atoms with Gasteiger partial charge in [0, 0.05) is 19.7 Å². The lowest BCUT2D eigenvalue weighted by Crippen LogP contribution is -2.24. The van der Waals surface area contributed by atoms with Crippen LogP contribution >= 0.6 is 0 Å². The number of hydrogen-bond donors (Lipinski definition) is 0. The third kappa shape index (κ3) is 3.54. The number of carbonyl (C=O) groups excluding carboxylic acids is 2. The van der Waals surface area contributed by atoms with Gasteiger partial charge >= 0.3 is 0 Å². The summed E-state index contributed by atoms with van der Waals surface area (Å²) >= 11 is 0. The van der Waals surface area contributed by atoms with Crippen LogP contribution in [0, 0.1) is 0 Å². The fraction of sp³-hybridized carbons (Fsp3) is 0.333. The van der Waals surface area contributed by atoms with Gasteiger partial charge in [-0.05, 0) is 6.42 Å². The van der Waals surface area contributed by atoms with E-state index in [-0.39, 0.29) is 18.1 Å². The van der Waals surface area contributed by atoms with Crippen molar-refractivity contribution in [2.45, 2.75) is 12.8 Å². The Balaban J connectivity index is 2.65. The molecule has 0 saturated heterocycles. The predicted molar refractivity (Wildman–Crippen MR) is 59.3 cm³/mol. The molecular weight excluding hydrogens is 190 g/mol. The second-order valence-electron chi connectivity index (χ2n) is 3.58. The number of nitrogens with zero attached hydrogens (tertiary/aromatic N) is 1. The molecule has 0 aromatic carbocycles. The van der Waals surface area contributed by atoms with E-state index < -0.39 is 0 Å². The van der Waals surface area contributed by atoms with Gasteiger partial charge in [-0.3, -0.25) is 9.59 Å². The molecule has 0 saturated carbocycles. The highest BCUT2D eigenvalue weighted by Gasteiger charge is 2.13. The van der Waals surface area contributed by atoms with Crippen molar-refractivity contribution >= 4 is 11.7 Å². The van der Waals surface area contributed by atoms with Gasteiger partial charge in [-0.1, -0.05) is 30.4 Å². The summed E-state index contributed by atoms with van der Waals surface area (Å²) in [4.78, 5) is 24.4. The number of ketones is 1. The van der Waals surface area contributed by atoms with Crippen LogP contribution in [0.2, 0.25) is 0 Å². The van der Waals surface area contributed by atoms with E-state index in [9.17, 15) is 9.59 Å².